The molecule has 2 aromatic heterocycles. The standard InChI is InChI=1S/C21H19F3N6O2/c1-13-3-8-17(25-9-13)29-11-14-10-26-19(27-12-21(22,23)24)28-18(14)30(20(29)31)15-4-6-16(32-2)7-5-15/h3-10H,11-12H2,1-2H3,(H,26,27,28). The van der Waals surface area contributed by atoms with E-state index in [1.807, 2.05) is 13.0 Å². The van der Waals surface area contributed by atoms with Crippen LogP contribution in [0.3, 0.4) is 0 Å². The number of ether oxygens (including phenoxy) is 1. The summed E-state index contributed by atoms with van der Waals surface area (Å²) in [5.41, 5.74) is 1.96. The molecule has 166 valence electrons. The molecule has 8 nitrogen and oxygen atoms in total. The van der Waals surface area contributed by atoms with Crippen molar-refractivity contribution in [3.8, 4) is 5.75 Å². The Bertz CT molecular complexity index is 1120. The van der Waals surface area contributed by atoms with Gasteiger partial charge in [0.2, 0.25) is 5.95 Å². The second kappa shape index (κ2) is 8.33. The minimum Gasteiger partial charge on any atom is -0.497 e. The molecule has 3 aromatic rings. The van der Waals surface area contributed by atoms with Gasteiger partial charge in [-0.3, -0.25) is 4.90 Å². The normalized spacial score (nSPS) is 13.7. The van der Waals surface area contributed by atoms with Gasteiger partial charge in [-0.25, -0.2) is 19.7 Å². The molecule has 1 aliphatic heterocycles. The van der Waals surface area contributed by atoms with Gasteiger partial charge in [-0.2, -0.15) is 18.2 Å². The van der Waals surface area contributed by atoms with Crippen molar-refractivity contribution in [1.82, 2.24) is 15.0 Å². The smallest absolute Gasteiger partial charge is 0.405 e. The monoisotopic (exact) mass is 444 g/mol. The Balaban J connectivity index is 1.76. The van der Waals surface area contributed by atoms with Gasteiger partial charge in [0.25, 0.3) is 0 Å². The number of aryl methyl sites for hydroxylation is 1. The van der Waals surface area contributed by atoms with E-state index >= 15 is 0 Å². The van der Waals surface area contributed by atoms with Gasteiger partial charge in [0.05, 0.1) is 19.3 Å². The highest BCUT2D eigenvalue weighted by Gasteiger charge is 2.35. The van der Waals surface area contributed by atoms with E-state index in [-0.39, 0.29) is 18.3 Å². The van der Waals surface area contributed by atoms with E-state index in [2.05, 4.69) is 20.3 Å². The molecule has 0 fully saturated rings. The van der Waals surface area contributed by atoms with Crippen molar-refractivity contribution in [3.05, 3.63) is 59.9 Å². The zero-order valence-corrected chi connectivity index (χ0v) is 17.2. The summed E-state index contributed by atoms with van der Waals surface area (Å²) in [6.07, 6.45) is -1.37. The van der Waals surface area contributed by atoms with Gasteiger partial charge >= 0.3 is 12.2 Å². The molecular weight excluding hydrogens is 425 g/mol. The highest BCUT2D eigenvalue weighted by atomic mass is 19.4. The van der Waals surface area contributed by atoms with Crippen molar-refractivity contribution >= 4 is 29.3 Å². The number of benzene rings is 1. The number of methoxy groups -OCH3 is 1. The number of fused-ring (bicyclic) bond motifs is 1. The van der Waals surface area contributed by atoms with Crippen LogP contribution in [-0.2, 0) is 6.54 Å². The Morgan fingerprint density at radius 2 is 1.84 bits per heavy atom. The van der Waals surface area contributed by atoms with Crippen LogP contribution in [0.5, 0.6) is 5.75 Å². The summed E-state index contributed by atoms with van der Waals surface area (Å²) in [5, 5.41) is 2.16. The summed E-state index contributed by atoms with van der Waals surface area (Å²) >= 11 is 0. The van der Waals surface area contributed by atoms with Crippen molar-refractivity contribution in [3.63, 3.8) is 0 Å². The first-order chi connectivity index (χ1) is 15.2. The molecule has 0 aliphatic carbocycles. The number of rotatable bonds is 5. The number of hydrogen-bond donors (Lipinski definition) is 1. The zero-order chi connectivity index (χ0) is 22.9. The highest BCUT2D eigenvalue weighted by molar-refractivity contribution is 6.09. The summed E-state index contributed by atoms with van der Waals surface area (Å²) in [4.78, 5) is 28.8. The van der Waals surface area contributed by atoms with E-state index in [9.17, 15) is 18.0 Å². The minimum atomic E-state index is -4.43. The molecular formula is C21H19F3N6O2. The molecule has 1 N–H and O–H groups in total. The fourth-order valence-corrected chi connectivity index (χ4v) is 3.18. The maximum absolute atomic E-state index is 13.5. The maximum atomic E-state index is 13.5. The number of aromatic nitrogens is 3. The molecule has 0 unspecified atom stereocenters. The number of alkyl halides is 3. The van der Waals surface area contributed by atoms with Crippen LogP contribution in [0.2, 0.25) is 0 Å². The van der Waals surface area contributed by atoms with E-state index < -0.39 is 18.8 Å². The molecule has 32 heavy (non-hydrogen) atoms. The van der Waals surface area contributed by atoms with Crippen LogP contribution in [0.25, 0.3) is 0 Å². The largest absolute Gasteiger partial charge is 0.497 e. The topological polar surface area (TPSA) is 83.5 Å². The average Bonchev–Trinajstić information content (AvgIpc) is 2.77. The number of pyridine rings is 1. The number of nitrogens with one attached hydrogen (secondary N) is 1. The molecule has 1 aromatic carbocycles. The Hall–Kier alpha value is -3.89. The summed E-state index contributed by atoms with van der Waals surface area (Å²) in [7, 11) is 1.52. The Kier molecular flexibility index (Phi) is 5.56. The SMILES string of the molecule is COc1ccc(N2C(=O)N(c3ccc(C)cn3)Cc3cnc(NCC(F)(F)F)nc32)cc1. The molecule has 2 amide bonds. The Labute approximate surface area is 181 Å². The minimum absolute atomic E-state index is 0.121. The molecule has 1 aliphatic rings. The molecule has 3 heterocycles. The second-order valence-corrected chi connectivity index (χ2v) is 7.11. The molecule has 4 rings (SSSR count). The molecule has 0 spiro atoms. The molecule has 0 bridgehead atoms. The highest BCUT2D eigenvalue weighted by Crippen LogP contribution is 2.36. The van der Waals surface area contributed by atoms with Gasteiger partial charge < -0.3 is 10.1 Å². The molecule has 0 saturated heterocycles. The molecule has 0 atom stereocenters. The molecule has 11 heteroatoms. The fourth-order valence-electron chi connectivity index (χ4n) is 3.18. The number of carbonyl (C=O) groups excluding carboxylic acids is 1. The summed E-state index contributed by atoms with van der Waals surface area (Å²) < 4.78 is 43.0. The predicted octanol–water partition coefficient (Wildman–Crippen LogP) is 4.44. The predicted molar refractivity (Wildman–Crippen MR) is 112 cm³/mol. The van der Waals surface area contributed by atoms with Gasteiger partial charge in [0.1, 0.15) is 18.1 Å². The second-order valence-electron chi connectivity index (χ2n) is 7.11. The van der Waals surface area contributed by atoms with Crippen LogP contribution >= 0.6 is 0 Å². The van der Waals surface area contributed by atoms with E-state index in [1.165, 1.54) is 23.1 Å². The van der Waals surface area contributed by atoms with Crippen molar-refractivity contribution in [1.29, 1.82) is 0 Å². The fraction of sp³-hybridized carbons (Fsp3) is 0.238. The van der Waals surface area contributed by atoms with Crippen LogP contribution in [0, 0.1) is 6.92 Å². The number of nitrogens with zero attached hydrogens (tertiary/aromatic N) is 5. The summed E-state index contributed by atoms with van der Waals surface area (Å²) in [6.45, 7) is 0.717. The first-order valence-corrected chi connectivity index (χ1v) is 9.60. The van der Waals surface area contributed by atoms with Gasteiger partial charge in [0, 0.05) is 18.0 Å². The van der Waals surface area contributed by atoms with Crippen LogP contribution < -0.4 is 19.9 Å². The lowest BCUT2D eigenvalue weighted by Gasteiger charge is -2.35. The van der Waals surface area contributed by atoms with E-state index in [0.717, 1.165) is 5.56 Å². The van der Waals surface area contributed by atoms with E-state index in [1.54, 1.807) is 36.5 Å². The van der Waals surface area contributed by atoms with Crippen LogP contribution in [0.4, 0.5) is 41.2 Å². The van der Waals surface area contributed by atoms with Gasteiger partial charge in [-0.15, -0.1) is 0 Å². The summed E-state index contributed by atoms with van der Waals surface area (Å²) in [5.74, 6) is 0.993. The third kappa shape index (κ3) is 4.41. The van der Waals surface area contributed by atoms with Crippen LogP contribution in [0.15, 0.2) is 48.8 Å². The van der Waals surface area contributed by atoms with Crippen molar-refractivity contribution in [2.75, 3.05) is 28.8 Å². The van der Waals surface area contributed by atoms with Gasteiger partial charge in [-0.05, 0) is 42.8 Å². The first kappa shape index (κ1) is 21.3. The lowest BCUT2D eigenvalue weighted by atomic mass is 10.2. The van der Waals surface area contributed by atoms with E-state index in [0.29, 0.717) is 22.8 Å². The number of urea groups is 1. The van der Waals surface area contributed by atoms with E-state index in [4.69, 9.17) is 4.74 Å². The Morgan fingerprint density at radius 1 is 1.09 bits per heavy atom. The quantitative estimate of drug-likeness (QED) is 0.627. The average molecular weight is 444 g/mol. The van der Waals surface area contributed by atoms with Crippen molar-refractivity contribution in [2.45, 2.75) is 19.6 Å². The lowest BCUT2D eigenvalue weighted by molar-refractivity contribution is -0.115. The molecule has 0 saturated carbocycles. The first-order valence-electron chi connectivity index (χ1n) is 9.60. The third-order valence-electron chi connectivity index (χ3n) is 4.75. The number of anilines is 4. The maximum Gasteiger partial charge on any atom is 0.405 e. The van der Waals surface area contributed by atoms with Crippen molar-refractivity contribution in [2.24, 2.45) is 0 Å². The number of halogens is 3. The number of carbonyl (C=O) groups is 1. The van der Waals surface area contributed by atoms with Gasteiger partial charge in [-0.1, -0.05) is 6.07 Å². The van der Waals surface area contributed by atoms with Crippen LogP contribution in [-0.4, -0.2) is 40.8 Å². The number of amides is 2. The lowest BCUT2D eigenvalue weighted by Crippen LogP contribution is -2.46. The third-order valence-corrected chi connectivity index (χ3v) is 4.75. The summed E-state index contributed by atoms with van der Waals surface area (Å²) in [6, 6.07) is 9.80. The van der Waals surface area contributed by atoms with Crippen molar-refractivity contribution < 1.29 is 22.7 Å². The zero-order valence-electron chi connectivity index (χ0n) is 17.2. The number of hydrogen-bond acceptors (Lipinski definition) is 6. The van der Waals surface area contributed by atoms with Crippen LogP contribution in [0.1, 0.15) is 11.1 Å². The molecule has 0 radical (unpaired) electrons. The Morgan fingerprint density at radius 3 is 2.47 bits per heavy atom. The van der Waals surface area contributed by atoms with Gasteiger partial charge in [0.15, 0.2) is 5.82 Å².